The van der Waals surface area contributed by atoms with Gasteiger partial charge in [0.05, 0.1) is 0 Å². The summed E-state index contributed by atoms with van der Waals surface area (Å²) in [6, 6.07) is 5.15. The highest BCUT2D eigenvalue weighted by molar-refractivity contribution is 5.68. The lowest BCUT2D eigenvalue weighted by Gasteiger charge is -2.05. The third-order valence-electron chi connectivity index (χ3n) is 1.95. The van der Waals surface area contributed by atoms with Crippen LogP contribution in [0.5, 0.6) is 5.75 Å². The fourth-order valence-electron chi connectivity index (χ4n) is 1.07. The molecule has 0 spiro atoms. The van der Waals surface area contributed by atoms with E-state index in [-0.39, 0.29) is 18.3 Å². The predicted octanol–water partition coefficient (Wildman–Crippen LogP) is 2.15. The first-order chi connectivity index (χ1) is 6.63. The molecule has 0 aliphatic rings. The quantitative estimate of drug-likeness (QED) is 0.750. The summed E-state index contributed by atoms with van der Waals surface area (Å²) in [6.45, 7) is 3.83. The van der Waals surface area contributed by atoms with Crippen LogP contribution in [0.1, 0.15) is 24.5 Å². The van der Waals surface area contributed by atoms with Crippen LogP contribution in [0, 0.1) is 6.92 Å². The van der Waals surface area contributed by atoms with Crippen molar-refractivity contribution in [2.75, 3.05) is 0 Å². The molecular formula is C11H14O3. The lowest BCUT2D eigenvalue weighted by atomic mass is 10.1. The Hall–Kier alpha value is -1.51. The molecule has 1 aromatic rings. The summed E-state index contributed by atoms with van der Waals surface area (Å²) in [5.74, 6) is 0.0475. The number of aromatic hydroxyl groups is 1. The molecule has 0 aromatic heterocycles. The summed E-state index contributed by atoms with van der Waals surface area (Å²) in [7, 11) is 0. The van der Waals surface area contributed by atoms with Gasteiger partial charge in [-0.3, -0.25) is 4.79 Å². The summed E-state index contributed by atoms with van der Waals surface area (Å²) in [5.41, 5.74) is 1.68. The highest BCUT2D eigenvalue weighted by atomic mass is 16.5. The third kappa shape index (κ3) is 2.76. The Morgan fingerprint density at radius 3 is 2.79 bits per heavy atom. The van der Waals surface area contributed by atoms with Crippen LogP contribution in [0.2, 0.25) is 0 Å². The number of ether oxygens (including phenoxy) is 1. The Bertz CT molecular complexity index is 331. The molecule has 14 heavy (non-hydrogen) atoms. The summed E-state index contributed by atoms with van der Waals surface area (Å²) < 4.78 is 4.95. The highest BCUT2D eigenvalue weighted by Crippen LogP contribution is 2.17. The first-order valence-electron chi connectivity index (χ1n) is 4.57. The van der Waals surface area contributed by atoms with Gasteiger partial charge in [0.25, 0.3) is 0 Å². The average molecular weight is 194 g/mol. The summed E-state index contributed by atoms with van der Waals surface area (Å²) in [6.07, 6.45) is 0.386. The van der Waals surface area contributed by atoms with Crippen LogP contribution in [0.4, 0.5) is 0 Å². The maximum atomic E-state index is 10.9. The van der Waals surface area contributed by atoms with E-state index in [0.29, 0.717) is 6.42 Å². The second-order valence-corrected chi connectivity index (χ2v) is 3.14. The molecule has 3 heteroatoms. The number of esters is 1. The average Bonchev–Trinajstić information content (AvgIpc) is 2.19. The molecule has 0 saturated heterocycles. The summed E-state index contributed by atoms with van der Waals surface area (Å²) in [4.78, 5) is 10.9. The van der Waals surface area contributed by atoms with Gasteiger partial charge in [-0.2, -0.15) is 0 Å². The number of carbonyl (C=O) groups excluding carboxylic acids is 1. The predicted molar refractivity (Wildman–Crippen MR) is 52.9 cm³/mol. The number of phenolic OH excluding ortho intramolecular Hbond substituents is 1. The minimum absolute atomic E-state index is 0.212. The number of rotatable bonds is 3. The van der Waals surface area contributed by atoms with E-state index in [1.54, 1.807) is 32.0 Å². The van der Waals surface area contributed by atoms with Crippen molar-refractivity contribution in [2.24, 2.45) is 0 Å². The van der Waals surface area contributed by atoms with Gasteiger partial charge in [0.15, 0.2) is 0 Å². The molecule has 76 valence electrons. The van der Waals surface area contributed by atoms with Gasteiger partial charge >= 0.3 is 5.97 Å². The van der Waals surface area contributed by atoms with Gasteiger partial charge in [-0.1, -0.05) is 13.0 Å². The fraction of sp³-hybridized carbons (Fsp3) is 0.364. The second-order valence-electron chi connectivity index (χ2n) is 3.14. The lowest BCUT2D eigenvalue weighted by Crippen LogP contribution is -2.02. The van der Waals surface area contributed by atoms with Gasteiger partial charge in [-0.15, -0.1) is 0 Å². The molecule has 1 N–H and O–H groups in total. The van der Waals surface area contributed by atoms with Gasteiger partial charge < -0.3 is 9.84 Å². The van der Waals surface area contributed by atoms with Crippen LogP contribution in [0.25, 0.3) is 0 Å². The zero-order valence-corrected chi connectivity index (χ0v) is 8.41. The number of hydrogen-bond donors (Lipinski definition) is 1. The topological polar surface area (TPSA) is 46.5 Å². The fourth-order valence-corrected chi connectivity index (χ4v) is 1.07. The molecule has 0 amide bonds. The maximum absolute atomic E-state index is 10.9. The van der Waals surface area contributed by atoms with Crippen molar-refractivity contribution in [2.45, 2.75) is 26.9 Å². The van der Waals surface area contributed by atoms with Crippen molar-refractivity contribution in [1.82, 2.24) is 0 Å². The number of benzene rings is 1. The molecule has 1 aromatic carbocycles. The Kier molecular flexibility index (Phi) is 3.51. The zero-order valence-electron chi connectivity index (χ0n) is 8.41. The monoisotopic (exact) mass is 194 g/mol. The Labute approximate surface area is 83.3 Å². The highest BCUT2D eigenvalue weighted by Gasteiger charge is 2.01. The Balaban J connectivity index is 2.60. The van der Waals surface area contributed by atoms with Crippen LogP contribution in [0.15, 0.2) is 18.2 Å². The number of aryl methyl sites for hydroxylation is 1. The number of phenols is 1. The first kappa shape index (κ1) is 10.6. The van der Waals surface area contributed by atoms with Crippen LogP contribution in [-0.2, 0) is 16.1 Å². The van der Waals surface area contributed by atoms with E-state index in [9.17, 15) is 9.90 Å². The molecule has 0 fully saturated rings. The van der Waals surface area contributed by atoms with Crippen LogP contribution >= 0.6 is 0 Å². The smallest absolute Gasteiger partial charge is 0.305 e. The van der Waals surface area contributed by atoms with Gasteiger partial charge in [0, 0.05) is 6.42 Å². The normalized spacial score (nSPS) is 9.86. The van der Waals surface area contributed by atoms with Crippen molar-refractivity contribution < 1.29 is 14.6 Å². The maximum Gasteiger partial charge on any atom is 0.305 e. The summed E-state index contributed by atoms with van der Waals surface area (Å²) >= 11 is 0. The molecule has 0 saturated carbocycles. The molecule has 0 atom stereocenters. The minimum atomic E-state index is -0.212. The van der Waals surface area contributed by atoms with E-state index in [2.05, 4.69) is 0 Å². The number of hydrogen-bond acceptors (Lipinski definition) is 3. The van der Waals surface area contributed by atoms with Gasteiger partial charge in [-0.25, -0.2) is 0 Å². The van der Waals surface area contributed by atoms with E-state index in [4.69, 9.17) is 4.74 Å². The zero-order chi connectivity index (χ0) is 10.6. The van der Waals surface area contributed by atoms with Crippen LogP contribution in [0.3, 0.4) is 0 Å². The van der Waals surface area contributed by atoms with Gasteiger partial charge in [-0.05, 0) is 30.2 Å². The lowest BCUT2D eigenvalue weighted by molar-refractivity contribution is -0.144. The SMILES string of the molecule is CCC(=O)OCc1ccc(O)c(C)c1. The molecule has 0 aliphatic heterocycles. The van der Waals surface area contributed by atoms with Crippen molar-refractivity contribution in [3.63, 3.8) is 0 Å². The van der Waals surface area contributed by atoms with E-state index in [1.807, 2.05) is 0 Å². The van der Waals surface area contributed by atoms with Crippen molar-refractivity contribution >= 4 is 5.97 Å². The number of carbonyl (C=O) groups is 1. The van der Waals surface area contributed by atoms with E-state index >= 15 is 0 Å². The molecule has 1 rings (SSSR count). The largest absolute Gasteiger partial charge is 0.508 e. The molecular weight excluding hydrogens is 180 g/mol. The minimum Gasteiger partial charge on any atom is -0.508 e. The second kappa shape index (κ2) is 4.65. The van der Waals surface area contributed by atoms with E-state index in [1.165, 1.54) is 0 Å². The third-order valence-corrected chi connectivity index (χ3v) is 1.95. The summed E-state index contributed by atoms with van der Waals surface area (Å²) in [5, 5.41) is 9.26. The van der Waals surface area contributed by atoms with E-state index in [0.717, 1.165) is 11.1 Å². The molecule has 0 radical (unpaired) electrons. The van der Waals surface area contributed by atoms with E-state index < -0.39 is 0 Å². The van der Waals surface area contributed by atoms with Crippen molar-refractivity contribution in [3.05, 3.63) is 29.3 Å². The van der Waals surface area contributed by atoms with Gasteiger partial charge in [0.2, 0.25) is 0 Å². The molecule has 0 aliphatic carbocycles. The van der Waals surface area contributed by atoms with Gasteiger partial charge in [0.1, 0.15) is 12.4 Å². The van der Waals surface area contributed by atoms with Crippen LogP contribution < -0.4 is 0 Å². The van der Waals surface area contributed by atoms with Crippen molar-refractivity contribution in [1.29, 1.82) is 0 Å². The van der Waals surface area contributed by atoms with Crippen LogP contribution in [-0.4, -0.2) is 11.1 Å². The first-order valence-corrected chi connectivity index (χ1v) is 4.57. The van der Waals surface area contributed by atoms with Crippen molar-refractivity contribution in [3.8, 4) is 5.75 Å². The molecule has 0 heterocycles. The Morgan fingerprint density at radius 2 is 2.21 bits per heavy atom. The molecule has 3 nitrogen and oxygen atoms in total. The Morgan fingerprint density at radius 1 is 1.50 bits per heavy atom. The molecule has 0 bridgehead atoms. The molecule has 0 unspecified atom stereocenters. The standard InChI is InChI=1S/C11H14O3/c1-3-11(13)14-7-9-4-5-10(12)8(2)6-9/h4-6,12H,3,7H2,1-2H3.